The minimum absolute atomic E-state index is 0.270. The second-order valence-corrected chi connectivity index (χ2v) is 6.26. The Morgan fingerprint density at radius 3 is 2.20 bits per heavy atom. The molecule has 122 valence electrons. The van der Waals surface area contributed by atoms with Gasteiger partial charge in [0, 0.05) is 18.7 Å². The van der Waals surface area contributed by atoms with Crippen LogP contribution < -0.4 is 5.32 Å². The zero-order chi connectivity index (χ0) is 15.6. The Morgan fingerprint density at radius 2 is 1.65 bits per heavy atom. The molecular formula is C15H33NO4. The molecule has 0 aliphatic rings. The van der Waals surface area contributed by atoms with Gasteiger partial charge in [0.1, 0.15) is 0 Å². The Hall–Kier alpha value is -0.200. The summed E-state index contributed by atoms with van der Waals surface area (Å²) >= 11 is 0. The third-order valence-electron chi connectivity index (χ3n) is 3.63. The van der Waals surface area contributed by atoms with E-state index >= 15 is 0 Å². The summed E-state index contributed by atoms with van der Waals surface area (Å²) in [5.41, 5.74) is -1.34. The van der Waals surface area contributed by atoms with Crippen LogP contribution in [0.15, 0.2) is 0 Å². The van der Waals surface area contributed by atoms with E-state index in [-0.39, 0.29) is 6.61 Å². The molecule has 1 atom stereocenters. The Labute approximate surface area is 123 Å². The van der Waals surface area contributed by atoms with Crippen LogP contribution >= 0.6 is 0 Å². The van der Waals surface area contributed by atoms with Crippen LogP contribution in [0.5, 0.6) is 0 Å². The fourth-order valence-electron chi connectivity index (χ4n) is 1.33. The minimum atomic E-state index is -0.860. The molecule has 0 aliphatic heterocycles. The van der Waals surface area contributed by atoms with Crippen LogP contribution in [0.1, 0.15) is 47.5 Å². The lowest BCUT2D eigenvalue weighted by Crippen LogP contribution is -2.57. The molecule has 0 aliphatic carbocycles. The normalized spacial score (nSPS) is 14.6. The van der Waals surface area contributed by atoms with Gasteiger partial charge in [-0.25, -0.2) is 0 Å². The molecule has 0 amide bonds. The van der Waals surface area contributed by atoms with Crippen molar-refractivity contribution in [3.8, 4) is 0 Å². The van der Waals surface area contributed by atoms with Gasteiger partial charge >= 0.3 is 0 Å². The van der Waals surface area contributed by atoms with Crippen LogP contribution in [0, 0.1) is 0 Å². The maximum atomic E-state index is 9.98. The van der Waals surface area contributed by atoms with Crippen LogP contribution in [0.4, 0.5) is 0 Å². The number of hydrogen-bond donors (Lipinski definition) is 3. The number of nitrogens with one attached hydrogen (secondary N) is 1. The summed E-state index contributed by atoms with van der Waals surface area (Å²) in [6.45, 7) is 11.9. The molecule has 5 heteroatoms. The summed E-state index contributed by atoms with van der Waals surface area (Å²) in [5, 5.41) is 22.9. The topological polar surface area (TPSA) is 71.0 Å². The lowest BCUT2D eigenvalue weighted by molar-refractivity contribution is -0.0230. The second kappa shape index (κ2) is 9.68. The lowest BCUT2D eigenvalue weighted by atomic mass is 9.86. The van der Waals surface area contributed by atoms with Gasteiger partial charge in [0.25, 0.3) is 0 Å². The molecule has 0 heterocycles. The number of ether oxygens (including phenoxy) is 2. The predicted octanol–water partition coefficient (Wildman–Crippen LogP) is 1.32. The molecule has 0 radical (unpaired) electrons. The van der Waals surface area contributed by atoms with Crippen molar-refractivity contribution in [2.24, 2.45) is 0 Å². The van der Waals surface area contributed by atoms with Crippen molar-refractivity contribution in [1.82, 2.24) is 5.32 Å². The van der Waals surface area contributed by atoms with E-state index in [2.05, 4.69) is 12.2 Å². The van der Waals surface area contributed by atoms with Crippen molar-refractivity contribution in [2.75, 3.05) is 33.0 Å². The quantitative estimate of drug-likeness (QED) is 0.473. The molecular weight excluding hydrogens is 258 g/mol. The van der Waals surface area contributed by atoms with E-state index in [0.717, 1.165) is 19.4 Å². The zero-order valence-electron chi connectivity index (χ0n) is 13.7. The highest BCUT2D eigenvalue weighted by Gasteiger charge is 2.34. The van der Waals surface area contributed by atoms with E-state index in [1.165, 1.54) is 0 Å². The Kier molecular flexibility index (Phi) is 9.59. The molecule has 0 spiro atoms. The fraction of sp³-hybridized carbons (Fsp3) is 1.00. The van der Waals surface area contributed by atoms with E-state index in [4.69, 9.17) is 9.47 Å². The lowest BCUT2D eigenvalue weighted by Gasteiger charge is -2.38. The first-order chi connectivity index (χ1) is 9.20. The smallest absolute Gasteiger partial charge is 0.0897 e. The van der Waals surface area contributed by atoms with Gasteiger partial charge in [0.2, 0.25) is 0 Å². The fourth-order valence-corrected chi connectivity index (χ4v) is 1.33. The molecule has 3 N–H and O–H groups in total. The highest BCUT2D eigenvalue weighted by Crippen LogP contribution is 2.20. The molecule has 0 aromatic carbocycles. The first kappa shape index (κ1) is 19.8. The summed E-state index contributed by atoms with van der Waals surface area (Å²) in [7, 11) is 0. The first-order valence-electron chi connectivity index (χ1n) is 7.51. The number of β-amino-alcohol motifs (C(OH)–C–C–N with tert-alkyl or cyclic N) is 1. The van der Waals surface area contributed by atoms with Gasteiger partial charge in [-0.1, -0.05) is 13.3 Å². The van der Waals surface area contributed by atoms with E-state index in [9.17, 15) is 10.2 Å². The SMILES string of the molecule is CCCCOCCOCC(O)CNC(C)(C)C(C)(C)O. The molecule has 0 saturated carbocycles. The van der Waals surface area contributed by atoms with Crippen LogP contribution in [-0.2, 0) is 9.47 Å². The molecule has 0 rings (SSSR count). The predicted molar refractivity (Wildman–Crippen MR) is 80.9 cm³/mol. The van der Waals surface area contributed by atoms with E-state index < -0.39 is 17.2 Å². The molecule has 20 heavy (non-hydrogen) atoms. The van der Waals surface area contributed by atoms with Crippen molar-refractivity contribution >= 4 is 0 Å². The molecule has 0 saturated heterocycles. The maximum Gasteiger partial charge on any atom is 0.0897 e. The van der Waals surface area contributed by atoms with Gasteiger partial charge in [-0.15, -0.1) is 0 Å². The summed E-state index contributed by atoms with van der Waals surface area (Å²) < 4.78 is 10.7. The maximum absolute atomic E-state index is 9.98. The average Bonchev–Trinajstić information content (AvgIpc) is 2.34. The number of aliphatic hydroxyl groups excluding tert-OH is 1. The molecule has 0 aromatic rings. The number of aliphatic hydroxyl groups is 2. The summed E-state index contributed by atoms with van der Waals surface area (Å²) in [4.78, 5) is 0. The van der Waals surface area contributed by atoms with Gasteiger partial charge in [-0.2, -0.15) is 0 Å². The van der Waals surface area contributed by atoms with Crippen molar-refractivity contribution in [2.45, 2.75) is 64.7 Å². The van der Waals surface area contributed by atoms with Crippen LogP contribution in [-0.4, -0.2) is 60.4 Å². The molecule has 0 bridgehead atoms. The van der Waals surface area contributed by atoms with Crippen molar-refractivity contribution in [3.05, 3.63) is 0 Å². The molecule has 5 nitrogen and oxygen atoms in total. The average molecular weight is 291 g/mol. The summed E-state index contributed by atoms with van der Waals surface area (Å²) in [5.74, 6) is 0. The Bertz CT molecular complexity index is 239. The van der Waals surface area contributed by atoms with E-state index in [1.54, 1.807) is 13.8 Å². The zero-order valence-corrected chi connectivity index (χ0v) is 13.7. The van der Waals surface area contributed by atoms with Crippen molar-refractivity contribution in [1.29, 1.82) is 0 Å². The van der Waals surface area contributed by atoms with Crippen molar-refractivity contribution < 1.29 is 19.7 Å². The molecule has 0 fully saturated rings. The minimum Gasteiger partial charge on any atom is -0.389 e. The molecule has 1 unspecified atom stereocenters. The van der Waals surface area contributed by atoms with E-state index in [1.807, 2.05) is 13.8 Å². The van der Waals surface area contributed by atoms with Crippen LogP contribution in [0.3, 0.4) is 0 Å². The first-order valence-corrected chi connectivity index (χ1v) is 7.51. The summed E-state index contributed by atoms with van der Waals surface area (Å²) in [6.07, 6.45) is 1.60. The number of rotatable bonds is 12. The Morgan fingerprint density at radius 1 is 1.05 bits per heavy atom. The highest BCUT2D eigenvalue weighted by atomic mass is 16.5. The van der Waals surface area contributed by atoms with Gasteiger partial charge < -0.3 is 25.0 Å². The third kappa shape index (κ3) is 8.87. The van der Waals surface area contributed by atoms with Crippen LogP contribution in [0.25, 0.3) is 0 Å². The summed E-state index contributed by atoms with van der Waals surface area (Å²) in [6, 6.07) is 0. The molecule has 0 aromatic heterocycles. The monoisotopic (exact) mass is 291 g/mol. The van der Waals surface area contributed by atoms with Crippen molar-refractivity contribution in [3.63, 3.8) is 0 Å². The van der Waals surface area contributed by atoms with Gasteiger partial charge in [-0.3, -0.25) is 0 Å². The van der Waals surface area contributed by atoms with Crippen LogP contribution in [0.2, 0.25) is 0 Å². The van der Waals surface area contributed by atoms with Gasteiger partial charge in [-0.05, 0) is 34.1 Å². The number of hydrogen-bond acceptors (Lipinski definition) is 5. The van der Waals surface area contributed by atoms with Gasteiger partial charge in [0.05, 0.1) is 31.5 Å². The van der Waals surface area contributed by atoms with Gasteiger partial charge in [0.15, 0.2) is 0 Å². The largest absolute Gasteiger partial charge is 0.389 e. The Balaban J connectivity index is 3.62. The highest BCUT2D eigenvalue weighted by molar-refractivity contribution is 4.93. The third-order valence-corrected chi connectivity index (χ3v) is 3.63. The van der Waals surface area contributed by atoms with E-state index in [0.29, 0.717) is 19.8 Å². The standard InChI is InChI=1S/C15H33NO4/c1-6-7-8-19-9-10-20-12-13(17)11-16-14(2,3)15(4,5)18/h13,16-18H,6-12H2,1-5H3. The second-order valence-electron chi connectivity index (χ2n) is 6.26. The number of unbranched alkanes of at least 4 members (excludes halogenated alkanes) is 1.